The summed E-state index contributed by atoms with van der Waals surface area (Å²) in [5.41, 5.74) is 1.19. The quantitative estimate of drug-likeness (QED) is 0.450. The zero-order valence-corrected chi connectivity index (χ0v) is 17.4. The maximum atomic E-state index is 11.8. The topological polar surface area (TPSA) is 84.2 Å². The number of nitrogens with zero attached hydrogens (tertiary/aromatic N) is 2. The summed E-state index contributed by atoms with van der Waals surface area (Å²) in [6, 6.07) is 13.5. The Bertz CT molecular complexity index is 829. The third-order valence-corrected chi connectivity index (χ3v) is 4.36. The fraction of sp³-hybridized carbons (Fsp3) is 0.435. The van der Waals surface area contributed by atoms with E-state index in [4.69, 9.17) is 9.47 Å². The minimum absolute atomic E-state index is 0.213. The molecule has 6 heteroatoms. The second-order valence-corrected chi connectivity index (χ2v) is 7.60. The Morgan fingerprint density at radius 1 is 1.28 bits per heavy atom. The maximum Gasteiger partial charge on any atom is 0.306 e. The van der Waals surface area contributed by atoms with Crippen molar-refractivity contribution in [1.82, 2.24) is 4.98 Å². The van der Waals surface area contributed by atoms with E-state index in [-0.39, 0.29) is 11.4 Å². The lowest BCUT2D eigenvalue weighted by molar-refractivity contribution is -0.145. The van der Waals surface area contributed by atoms with Gasteiger partial charge in [-0.25, -0.2) is 4.98 Å². The minimum atomic E-state index is -0.294. The first-order chi connectivity index (χ1) is 13.9. The number of ether oxygens (including phenoxy) is 2. The summed E-state index contributed by atoms with van der Waals surface area (Å²) in [7, 11) is 0. The van der Waals surface area contributed by atoms with Gasteiger partial charge in [-0.05, 0) is 55.0 Å². The summed E-state index contributed by atoms with van der Waals surface area (Å²) in [6.45, 7) is 7.47. The number of nitriles is 1. The number of benzene rings is 1. The lowest BCUT2D eigenvalue weighted by atomic mass is 9.81. The number of aromatic nitrogens is 1. The van der Waals surface area contributed by atoms with Crippen molar-refractivity contribution >= 4 is 11.8 Å². The van der Waals surface area contributed by atoms with Gasteiger partial charge in [-0.2, -0.15) is 5.26 Å². The summed E-state index contributed by atoms with van der Waals surface area (Å²) in [5.74, 6) is 1.30. The molecule has 2 rings (SSSR count). The Balaban J connectivity index is 1.86. The zero-order chi connectivity index (χ0) is 21.1. The molecule has 6 nitrogen and oxygen atoms in total. The number of anilines is 1. The van der Waals surface area contributed by atoms with Gasteiger partial charge >= 0.3 is 5.97 Å². The molecule has 1 aromatic heterocycles. The van der Waals surface area contributed by atoms with E-state index in [0.29, 0.717) is 37.4 Å². The summed E-state index contributed by atoms with van der Waals surface area (Å²) in [4.78, 5) is 16.0. The molecule has 0 aliphatic carbocycles. The number of esters is 1. The number of carbonyl (C=O) groups excluding carboxylic acids is 1. The Morgan fingerprint density at radius 2 is 2.10 bits per heavy atom. The van der Waals surface area contributed by atoms with Gasteiger partial charge in [-0.1, -0.05) is 26.0 Å². The van der Waals surface area contributed by atoms with Gasteiger partial charge in [0.05, 0.1) is 31.3 Å². The van der Waals surface area contributed by atoms with E-state index in [9.17, 15) is 10.1 Å². The molecule has 0 amide bonds. The summed E-state index contributed by atoms with van der Waals surface area (Å²) < 4.78 is 10.8. The molecule has 29 heavy (non-hydrogen) atoms. The van der Waals surface area contributed by atoms with E-state index >= 15 is 0 Å². The van der Waals surface area contributed by atoms with Crippen LogP contribution in [0.2, 0.25) is 0 Å². The molecular weight excluding hydrogens is 366 g/mol. The number of carbonyl (C=O) groups is 1. The average Bonchev–Trinajstić information content (AvgIpc) is 2.69. The van der Waals surface area contributed by atoms with Crippen molar-refractivity contribution in [3.8, 4) is 11.8 Å². The molecule has 1 heterocycles. The van der Waals surface area contributed by atoms with Gasteiger partial charge in [0.1, 0.15) is 11.6 Å². The number of rotatable bonds is 11. The van der Waals surface area contributed by atoms with Gasteiger partial charge in [-0.15, -0.1) is 0 Å². The van der Waals surface area contributed by atoms with Gasteiger partial charge in [0.2, 0.25) is 0 Å². The molecule has 0 unspecified atom stereocenters. The van der Waals surface area contributed by atoms with E-state index in [1.165, 1.54) is 0 Å². The lowest BCUT2D eigenvalue weighted by Gasteiger charge is -2.24. The second kappa shape index (κ2) is 11.1. The highest BCUT2D eigenvalue weighted by molar-refractivity contribution is 5.70. The Labute approximate surface area is 172 Å². The van der Waals surface area contributed by atoms with Crippen LogP contribution >= 0.6 is 0 Å². The van der Waals surface area contributed by atoms with Gasteiger partial charge in [0, 0.05) is 12.7 Å². The highest BCUT2D eigenvalue weighted by Crippen LogP contribution is 2.29. The van der Waals surface area contributed by atoms with Crippen LogP contribution in [-0.4, -0.2) is 30.7 Å². The number of hydrogen-bond acceptors (Lipinski definition) is 6. The van der Waals surface area contributed by atoms with Gasteiger partial charge in [0.25, 0.3) is 0 Å². The number of pyridine rings is 1. The van der Waals surface area contributed by atoms with Crippen LogP contribution in [0.5, 0.6) is 5.75 Å². The van der Waals surface area contributed by atoms with Crippen LogP contribution in [0.3, 0.4) is 0 Å². The summed E-state index contributed by atoms with van der Waals surface area (Å²) in [6.07, 6.45) is 3.49. The first-order valence-corrected chi connectivity index (χ1v) is 9.90. The molecule has 2 aromatic rings. The van der Waals surface area contributed by atoms with E-state index < -0.39 is 0 Å². The third-order valence-electron chi connectivity index (χ3n) is 4.36. The molecule has 1 aromatic carbocycles. The number of hydrogen-bond donors (Lipinski definition) is 1. The minimum Gasteiger partial charge on any atom is -0.493 e. The molecule has 0 saturated heterocycles. The highest BCUT2D eigenvalue weighted by atomic mass is 16.5. The first kappa shape index (κ1) is 22.2. The molecule has 0 fully saturated rings. The standard InChI is InChI=1S/C23H29N3O3/c1-4-28-22(27)16-23(2,3)15-18-9-10-20(14-19(18)17-24)29-13-7-12-26-21-8-5-6-11-25-21/h5-6,8-11,14H,4,7,12-13,15-16H2,1-3H3,(H,25,26). The Hall–Kier alpha value is -3.07. The smallest absolute Gasteiger partial charge is 0.306 e. The fourth-order valence-corrected chi connectivity index (χ4v) is 3.03. The second-order valence-electron chi connectivity index (χ2n) is 7.60. The van der Waals surface area contributed by atoms with Crippen molar-refractivity contribution < 1.29 is 14.3 Å². The Morgan fingerprint density at radius 3 is 2.79 bits per heavy atom. The van der Waals surface area contributed by atoms with Crippen molar-refractivity contribution in [3.63, 3.8) is 0 Å². The predicted molar refractivity (Wildman–Crippen MR) is 113 cm³/mol. The monoisotopic (exact) mass is 395 g/mol. The molecule has 0 saturated carbocycles. The molecule has 154 valence electrons. The van der Waals surface area contributed by atoms with Crippen LogP contribution in [0.1, 0.15) is 44.7 Å². The molecular formula is C23H29N3O3. The van der Waals surface area contributed by atoms with Crippen LogP contribution in [0.25, 0.3) is 0 Å². The third kappa shape index (κ3) is 7.82. The van der Waals surface area contributed by atoms with E-state index in [2.05, 4.69) is 16.4 Å². The van der Waals surface area contributed by atoms with Crippen LogP contribution in [0.15, 0.2) is 42.6 Å². The zero-order valence-electron chi connectivity index (χ0n) is 17.4. The van der Waals surface area contributed by atoms with Gasteiger partial charge in [0.15, 0.2) is 0 Å². The molecule has 0 atom stereocenters. The predicted octanol–water partition coefficient (Wildman–Crippen LogP) is 4.36. The van der Waals surface area contributed by atoms with E-state index in [1.54, 1.807) is 19.2 Å². The number of nitrogens with one attached hydrogen (secondary N) is 1. The van der Waals surface area contributed by atoms with Crippen molar-refractivity contribution in [2.24, 2.45) is 5.41 Å². The molecule has 0 radical (unpaired) electrons. The van der Waals surface area contributed by atoms with Crippen LogP contribution in [0.4, 0.5) is 5.82 Å². The Kier molecular flexibility index (Phi) is 8.47. The van der Waals surface area contributed by atoms with Crippen LogP contribution < -0.4 is 10.1 Å². The average molecular weight is 396 g/mol. The fourth-order valence-electron chi connectivity index (χ4n) is 3.03. The lowest BCUT2D eigenvalue weighted by Crippen LogP contribution is -2.22. The van der Waals surface area contributed by atoms with E-state index in [0.717, 1.165) is 24.3 Å². The van der Waals surface area contributed by atoms with Crippen molar-refractivity contribution in [3.05, 3.63) is 53.7 Å². The first-order valence-electron chi connectivity index (χ1n) is 9.90. The normalized spacial score (nSPS) is 10.8. The molecule has 0 spiro atoms. The van der Waals surface area contributed by atoms with Gasteiger partial charge < -0.3 is 14.8 Å². The SMILES string of the molecule is CCOC(=O)CC(C)(C)Cc1ccc(OCCCNc2ccccn2)cc1C#N. The summed E-state index contributed by atoms with van der Waals surface area (Å²) >= 11 is 0. The van der Waals surface area contributed by atoms with Gasteiger partial charge in [-0.3, -0.25) is 4.79 Å². The van der Waals surface area contributed by atoms with E-state index in [1.807, 2.05) is 44.2 Å². The maximum absolute atomic E-state index is 11.8. The molecule has 0 aliphatic heterocycles. The van der Waals surface area contributed by atoms with Crippen molar-refractivity contribution in [2.45, 2.75) is 40.0 Å². The van der Waals surface area contributed by atoms with Crippen molar-refractivity contribution in [1.29, 1.82) is 5.26 Å². The molecule has 0 aliphatic rings. The van der Waals surface area contributed by atoms with Crippen LogP contribution in [-0.2, 0) is 16.0 Å². The molecule has 1 N–H and O–H groups in total. The van der Waals surface area contributed by atoms with Crippen LogP contribution in [0, 0.1) is 16.7 Å². The summed E-state index contributed by atoms with van der Waals surface area (Å²) in [5, 5.41) is 12.8. The molecule has 0 bridgehead atoms. The highest BCUT2D eigenvalue weighted by Gasteiger charge is 2.24. The van der Waals surface area contributed by atoms with Crippen molar-refractivity contribution in [2.75, 3.05) is 25.1 Å². The largest absolute Gasteiger partial charge is 0.493 e.